The Labute approximate surface area is 89.4 Å². The molecular formula is C12H13ClO. The Bertz CT molecular complexity index is 327. The summed E-state index contributed by atoms with van der Waals surface area (Å²) in [5.41, 5.74) is 2.05. The number of alkyl halides is 1. The number of Topliss-reactive ketones (excluding diaryl/α,β-unsaturated/α-hetero) is 1. The first-order chi connectivity index (χ1) is 6.72. The summed E-state index contributed by atoms with van der Waals surface area (Å²) in [6.07, 6.45) is 2.41. The molecule has 0 aliphatic heterocycles. The second-order valence-electron chi connectivity index (χ2n) is 3.23. The summed E-state index contributed by atoms with van der Waals surface area (Å²) in [6, 6.07) is 9.87. The van der Waals surface area contributed by atoms with E-state index < -0.39 is 0 Å². The zero-order valence-corrected chi connectivity index (χ0v) is 8.92. The SMILES string of the molecule is CC(=O)CC(=Cc1ccccc1)CCl. The van der Waals surface area contributed by atoms with Gasteiger partial charge >= 0.3 is 0 Å². The van der Waals surface area contributed by atoms with Crippen molar-refractivity contribution >= 4 is 23.5 Å². The maximum Gasteiger partial charge on any atom is 0.133 e. The van der Waals surface area contributed by atoms with Gasteiger partial charge in [0, 0.05) is 12.3 Å². The minimum atomic E-state index is 0.146. The summed E-state index contributed by atoms with van der Waals surface area (Å²) in [6.45, 7) is 1.57. The van der Waals surface area contributed by atoms with Crippen LogP contribution in [0.4, 0.5) is 0 Å². The molecule has 0 unspecified atom stereocenters. The number of carbonyl (C=O) groups excluding carboxylic acids is 1. The fourth-order valence-corrected chi connectivity index (χ4v) is 1.41. The Balaban J connectivity index is 2.78. The fraction of sp³-hybridized carbons (Fsp3) is 0.250. The van der Waals surface area contributed by atoms with Crippen LogP contribution in [0.15, 0.2) is 35.9 Å². The van der Waals surface area contributed by atoms with E-state index in [0.717, 1.165) is 11.1 Å². The van der Waals surface area contributed by atoms with Gasteiger partial charge in [-0.2, -0.15) is 0 Å². The van der Waals surface area contributed by atoms with Crippen LogP contribution >= 0.6 is 11.6 Å². The highest BCUT2D eigenvalue weighted by molar-refractivity contribution is 6.20. The number of carbonyl (C=O) groups is 1. The molecule has 0 N–H and O–H groups in total. The van der Waals surface area contributed by atoms with Crippen LogP contribution in [0.3, 0.4) is 0 Å². The van der Waals surface area contributed by atoms with Gasteiger partial charge in [-0.05, 0) is 18.1 Å². The molecule has 1 rings (SSSR count). The van der Waals surface area contributed by atoms with E-state index in [-0.39, 0.29) is 5.78 Å². The Kier molecular flexibility index (Phi) is 4.41. The summed E-state index contributed by atoms with van der Waals surface area (Å²) < 4.78 is 0. The molecule has 0 aliphatic rings. The van der Waals surface area contributed by atoms with Crippen LogP contribution in [0.1, 0.15) is 18.9 Å². The van der Waals surface area contributed by atoms with Crippen LogP contribution in [-0.2, 0) is 4.79 Å². The lowest BCUT2D eigenvalue weighted by Gasteiger charge is -2.00. The molecule has 1 nitrogen and oxygen atoms in total. The second kappa shape index (κ2) is 5.61. The van der Waals surface area contributed by atoms with Crippen LogP contribution in [-0.4, -0.2) is 11.7 Å². The van der Waals surface area contributed by atoms with Gasteiger partial charge in [0.05, 0.1) is 0 Å². The summed E-state index contributed by atoms with van der Waals surface area (Å²) in [7, 11) is 0. The highest BCUT2D eigenvalue weighted by Gasteiger charge is 1.99. The molecule has 0 saturated heterocycles. The third-order valence-corrected chi connectivity index (χ3v) is 2.16. The molecule has 74 valence electrons. The number of hydrogen-bond acceptors (Lipinski definition) is 1. The van der Waals surface area contributed by atoms with Crippen LogP contribution in [0.5, 0.6) is 0 Å². The van der Waals surface area contributed by atoms with Gasteiger partial charge in [-0.15, -0.1) is 11.6 Å². The van der Waals surface area contributed by atoms with Crippen molar-refractivity contribution in [3.63, 3.8) is 0 Å². The first-order valence-electron chi connectivity index (χ1n) is 4.52. The number of rotatable bonds is 4. The van der Waals surface area contributed by atoms with Crippen molar-refractivity contribution in [1.82, 2.24) is 0 Å². The number of hydrogen-bond donors (Lipinski definition) is 0. The Morgan fingerprint density at radius 3 is 2.50 bits per heavy atom. The molecule has 0 fully saturated rings. The lowest BCUT2D eigenvalue weighted by molar-refractivity contribution is -0.116. The first kappa shape index (κ1) is 11.0. The van der Waals surface area contributed by atoms with Gasteiger partial charge in [0.25, 0.3) is 0 Å². The normalized spacial score (nSPS) is 11.4. The number of benzene rings is 1. The molecule has 0 aromatic heterocycles. The van der Waals surface area contributed by atoms with Gasteiger partial charge < -0.3 is 0 Å². The fourth-order valence-electron chi connectivity index (χ4n) is 1.24. The van der Waals surface area contributed by atoms with E-state index >= 15 is 0 Å². The molecule has 0 heterocycles. The minimum Gasteiger partial charge on any atom is -0.300 e. The monoisotopic (exact) mass is 208 g/mol. The van der Waals surface area contributed by atoms with E-state index in [0.29, 0.717) is 12.3 Å². The van der Waals surface area contributed by atoms with Crippen LogP contribution in [0, 0.1) is 0 Å². The summed E-state index contributed by atoms with van der Waals surface area (Å²) in [5.74, 6) is 0.557. The van der Waals surface area contributed by atoms with Crippen molar-refractivity contribution in [3.8, 4) is 0 Å². The Morgan fingerprint density at radius 1 is 1.36 bits per heavy atom. The van der Waals surface area contributed by atoms with Crippen LogP contribution < -0.4 is 0 Å². The molecule has 14 heavy (non-hydrogen) atoms. The lowest BCUT2D eigenvalue weighted by Crippen LogP contribution is -1.94. The third-order valence-electron chi connectivity index (χ3n) is 1.82. The minimum absolute atomic E-state index is 0.146. The average molecular weight is 209 g/mol. The topological polar surface area (TPSA) is 17.1 Å². The molecular weight excluding hydrogens is 196 g/mol. The Hall–Kier alpha value is -1.08. The van der Waals surface area contributed by atoms with Crippen LogP contribution in [0.2, 0.25) is 0 Å². The Morgan fingerprint density at radius 2 is 2.00 bits per heavy atom. The van der Waals surface area contributed by atoms with Crippen molar-refractivity contribution in [2.75, 3.05) is 5.88 Å². The molecule has 0 amide bonds. The maximum atomic E-state index is 10.9. The highest BCUT2D eigenvalue weighted by Crippen LogP contribution is 2.11. The smallest absolute Gasteiger partial charge is 0.133 e. The molecule has 0 bridgehead atoms. The molecule has 1 aromatic rings. The van der Waals surface area contributed by atoms with E-state index in [1.165, 1.54) is 0 Å². The molecule has 0 spiro atoms. The van der Waals surface area contributed by atoms with Gasteiger partial charge in [-0.25, -0.2) is 0 Å². The van der Waals surface area contributed by atoms with E-state index in [2.05, 4.69) is 0 Å². The largest absolute Gasteiger partial charge is 0.300 e. The molecule has 0 saturated carbocycles. The van der Waals surface area contributed by atoms with Crippen LogP contribution in [0.25, 0.3) is 6.08 Å². The quantitative estimate of drug-likeness (QED) is 0.694. The zero-order valence-electron chi connectivity index (χ0n) is 8.16. The summed E-state index contributed by atoms with van der Waals surface area (Å²) in [4.78, 5) is 10.9. The third kappa shape index (κ3) is 3.75. The molecule has 1 aromatic carbocycles. The number of halogens is 1. The number of allylic oxidation sites excluding steroid dienone is 1. The molecule has 2 heteroatoms. The molecule has 0 aliphatic carbocycles. The summed E-state index contributed by atoms with van der Waals surface area (Å²) in [5, 5.41) is 0. The predicted molar refractivity (Wildman–Crippen MR) is 60.4 cm³/mol. The maximum absolute atomic E-state index is 10.9. The predicted octanol–water partition coefficient (Wildman–Crippen LogP) is 3.29. The average Bonchev–Trinajstić information content (AvgIpc) is 2.17. The van der Waals surface area contributed by atoms with Crippen molar-refractivity contribution in [2.45, 2.75) is 13.3 Å². The standard InChI is InChI=1S/C12H13ClO/c1-10(14)7-12(9-13)8-11-5-3-2-4-6-11/h2-6,8H,7,9H2,1H3. The van der Waals surface area contributed by atoms with Crippen molar-refractivity contribution in [1.29, 1.82) is 0 Å². The molecule has 0 radical (unpaired) electrons. The highest BCUT2D eigenvalue weighted by atomic mass is 35.5. The van der Waals surface area contributed by atoms with E-state index in [9.17, 15) is 4.79 Å². The van der Waals surface area contributed by atoms with Gasteiger partial charge in [-0.1, -0.05) is 36.4 Å². The number of ketones is 1. The van der Waals surface area contributed by atoms with E-state index in [1.807, 2.05) is 36.4 Å². The molecule has 0 atom stereocenters. The second-order valence-corrected chi connectivity index (χ2v) is 3.49. The van der Waals surface area contributed by atoms with Crippen molar-refractivity contribution in [3.05, 3.63) is 41.5 Å². The van der Waals surface area contributed by atoms with E-state index in [4.69, 9.17) is 11.6 Å². The van der Waals surface area contributed by atoms with E-state index in [1.54, 1.807) is 6.92 Å². The lowest BCUT2D eigenvalue weighted by atomic mass is 10.1. The van der Waals surface area contributed by atoms with Gasteiger partial charge in [-0.3, -0.25) is 4.79 Å². The van der Waals surface area contributed by atoms with Crippen molar-refractivity contribution in [2.24, 2.45) is 0 Å². The van der Waals surface area contributed by atoms with Gasteiger partial charge in [0.1, 0.15) is 5.78 Å². The van der Waals surface area contributed by atoms with Gasteiger partial charge in [0.2, 0.25) is 0 Å². The van der Waals surface area contributed by atoms with Crippen molar-refractivity contribution < 1.29 is 4.79 Å². The first-order valence-corrected chi connectivity index (χ1v) is 5.05. The summed E-state index contributed by atoms with van der Waals surface area (Å²) >= 11 is 5.74. The van der Waals surface area contributed by atoms with Gasteiger partial charge in [0.15, 0.2) is 0 Å². The zero-order chi connectivity index (χ0) is 10.4.